The lowest BCUT2D eigenvalue weighted by atomic mass is 9.49. The molecule has 0 spiro atoms. The molecule has 0 bridgehead atoms. The number of fused-ring (bicyclic) bond motifs is 4. The van der Waals surface area contributed by atoms with Crippen LogP contribution in [0, 0.1) is 29.5 Å². The maximum absolute atomic E-state index is 15.1. The Hall–Kier alpha value is -4.53. The average Bonchev–Trinajstić information content (AvgIpc) is 3.39. The van der Waals surface area contributed by atoms with E-state index in [1.165, 1.54) is 30.3 Å². The number of nitrogens with zero attached hydrogens (tertiary/aromatic N) is 3. The molecule has 4 amide bonds. The van der Waals surface area contributed by atoms with Crippen molar-refractivity contribution < 1.29 is 47.1 Å². The number of carbonyl (C=O) groups excluding carboxylic acids is 4. The number of alkyl halides is 3. The van der Waals surface area contributed by atoms with E-state index in [4.69, 9.17) is 23.2 Å². The summed E-state index contributed by atoms with van der Waals surface area (Å²) in [5.41, 5.74) is 0.280. The Bertz CT molecular complexity index is 1960. The van der Waals surface area contributed by atoms with Crippen LogP contribution < -0.4 is 5.43 Å². The summed E-state index contributed by atoms with van der Waals surface area (Å²) in [7, 11) is 0. The number of anilines is 1. The number of halogens is 6. The molecule has 6 atom stereocenters. The van der Waals surface area contributed by atoms with Crippen LogP contribution in [-0.4, -0.2) is 49.0 Å². The second-order valence-electron chi connectivity index (χ2n) is 12.1. The lowest BCUT2D eigenvalue weighted by Gasteiger charge is -2.50. The minimum Gasteiger partial charge on any atom is -0.505 e. The Labute approximate surface area is 278 Å². The molecule has 10 nitrogen and oxygen atoms in total. The van der Waals surface area contributed by atoms with Gasteiger partial charge in [-0.3, -0.25) is 29.8 Å². The molecular formula is C32H22Cl2F4N4O6. The SMILES string of the molecule is O=C1[C@H]2[C@H](CC=C3[C@H]2C[C@H]2C(=O)N(Nc4ncc(C(F)(F)F)cc4Cl)C(=O)[C@@]2(c2ccc(Cl)cc2)[C@H]3c2ccc(O)c(F)c2)C(=O)N1O. The Morgan fingerprint density at radius 2 is 1.67 bits per heavy atom. The van der Waals surface area contributed by atoms with Crippen molar-refractivity contribution in [1.82, 2.24) is 15.1 Å². The molecule has 4 aliphatic rings. The summed E-state index contributed by atoms with van der Waals surface area (Å²) in [6, 6.07) is 10.0. The van der Waals surface area contributed by atoms with E-state index >= 15 is 4.39 Å². The third-order valence-corrected chi connectivity index (χ3v) is 10.4. The van der Waals surface area contributed by atoms with Gasteiger partial charge in [-0.1, -0.05) is 53.1 Å². The molecule has 0 radical (unpaired) electrons. The first kappa shape index (κ1) is 32.0. The molecule has 3 N–H and O–H groups in total. The molecule has 2 aliphatic carbocycles. The Morgan fingerprint density at radius 3 is 2.31 bits per heavy atom. The van der Waals surface area contributed by atoms with Gasteiger partial charge in [0.25, 0.3) is 23.6 Å². The van der Waals surface area contributed by atoms with Gasteiger partial charge in [0.05, 0.1) is 33.8 Å². The Morgan fingerprint density at radius 1 is 0.958 bits per heavy atom. The van der Waals surface area contributed by atoms with E-state index in [-0.39, 0.29) is 34.1 Å². The van der Waals surface area contributed by atoms with Crippen LogP contribution in [0.3, 0.4) is 0 Å². The third-order valence-electron chi connectivity index (χ3n) is 9.84. The van der Waals surface area contributed by atoms with Crippen LogP contribution in [-0.2, 0) is 30.8 Å². The van der Waals surface area contributed by atoms with E-state index in [0.717, 1.165) is 12.1 Å². The van der Waals surface area contributed by atoms with E-state index in [2.05, 4.69) is 10.4 Å². The van der Waals surface area contributed by atoms with E-state index in [0.29, 0.717) is 22.8 Å². The maximum Gasteiger partial charge on any atom is 0.417 e. The van der Waals surface area contributed by atoms with Crippen LogP contribution in [0.4, 0.5) is 23.4 Å². The predicted molar refractivity (Wildman–Crippen MR) is 159 cm³/mol. The lowest BCUT2D eigenvalue weighted by Crippen LogP contribution is -2.53. The monoisotopic (exact) mass is 704 g/mol. The van der Waals surface area contributed by atoms with Crippen LogP contribution >= 0.6 is 23.2 Å². The molecule has 1 saturated carbocycles. The van der Waals surface area contributed by atoms with E-state index in [1.807, 2.05) is 0 Å². The normalized spacial score (nSPS) is 28.3. The molecule has 1 aromatic heterocycles. The topological polar surface area (TPSA) is 140 Å². The van der Waals surface area contributed by atoms with Crippen molar-refractivity contribution in [3.63, 3.8) is 0 Å². The first-order valence-corrected chi connectivity index (χ1v) is 15.3. The molecule has 248 valence electrons. The number of hydrazine groups is 1. The predicted octanol–water partition coefficient (Wildman–Crippen LogP) is 5.63. The molecule has 16 heteroatoms. The smallest absolute Gasteiger partial charge is 0.417 e. The third kappa shape index (κ3) is 4.53. The number of allylic oxidation sites excluding steroid dienone is 2. The number of aromatic hydroxyl groups is 1. The fourth-order valence-electron chi connectivity index (χ4n) is 7.84. The number of hydrogen-bond acceptors (Lipinski definition) is 8. The number of phenolic OH excluding ortho intramolecular Hbond substituents is 1. The van der Waals surface area contributed by atoms with Crippen LogP contribution in [0.25, 0.3) is 0 Å². The van der Waals surface area contributed by atoms with Gasteiger partial charge >= 0.3 is 6.18 Å². The maximum atomic E-state index is 15.1. The summed E-state index contributed by atoms with van der Waals surface area (Å²) >= 11 is 12.3. The first-order valence-electron chi connectivity index (χ1n) is 14.5. The van der Waals surface area contributed by atoms with Crippen molar-refractivity contribution in [2.75, 3.05) is 5.43 Å². The van der Waals surface area contributed by atoms with E-state index in [9.17, 15) is 42.7 Å². The molecule has 2 aromatic carbocycles. The summed E-state index contributed by atoms with van der Waals surface area (Å²) in [5.74, 6) is -11.1. The highest BCUT2D eigenvalue weighted by molar-refractivity contribution is 6.33. The zero-order valence-corrected chi connectivity index (χ0v) is 25.7. The summed E-state index contributed by atoms with van der Waals surface area (Å²) in [5, 5.41) is 20.7. The number of amides is 4. The summed E-state index contributed by atoms with van der Waals surface area (Å²) < 4.78 is 55.0. The minimum absolute atomic E-state index is 0.00819. The molecule has 7 rings (SSSR count). The van der Waals surface area contributed by atoms with Crippen molar-refractivity contribution >= 4 is 52.6 Å². The number of benzene rings is 2. The fraction of sp³-hybridized carbons (Fsp3) is 0.281. The molecule has 3 aromatic rings. The number of rotatable bonds is 4. The van der Waals surface area contributed by atoms with Crippen LogP contribution in [0.1, 0.15) is 35.4 Å². The van der Waals surface area contributed by atoms with Crippen molar-refractivity contribution in [1.29, 1.82) is 0 Å². The number of pyridine rings is 1. The van der Waals surface area contributed by atoms with Crippen molar-refractivity contribution in [3.8, 4) is 5.75 Å². The standard InChI is InChI=1S/C32H22Cl2F4N4O6/c33-16-4-2-14(3-5-16)31-20(28(45)41(30(31)47)40-26-21(34)10-15(12-39-26)32(36,37)38)11-19-17(25(31)13-1-8-23(43)22(35)9-13)6-7-18-24(19)29(46)42(48)27(18)44/h1-6,8-10,12,18-20,24-25,43,48H,7,11H2,(H,39,40)/t18-,19+,20-,24-,25-,31+/m0/s1. The summed E-state index contributed by atoms with van der Waals surface area (Å²) in [6.45, 7) is 0. The van der Waals surface area contributed by atoms with Gasteiger partial charge in [-0.05, 0) is 60.2 Å². The van der Waals surface area contributed by atoms with Crippen molar-refractivity contribution in [2.24, 2.45) is 23.7 Å². The van der Waals surface area contributed by atoms with Crippen LogP contribution in [0.15, 0.2) is 66.4 Å². The zero-order valence-electron chi connectivity index (χ0n) is 24.2. The number of imide groups is 2. The number of nitrogens with one attached hydrogen (secondary N) is 1. The van der Waals surface area contributed by atoms with Crippen LogP contribution in [0.5, 0.6) is 5.75 Å². The van der Waals surface area contributed by atoms with Gasteiger partial charge in [0.1, 0.15) is 0 Å². The fourth-order valence-corrected chi connectivity index (χ4v) is 8.18. The molecule has 48 heavy (non-hydrogen) atoms. The highest BCUT2D eigenvalue weighted by Crippen LogP contribution is 2.64. The van der Waals surface area contributed by atoms with E-state index in [1.54, 1.807) is 6.08 Å². The van der Waals surface area contributed by atoms with Gasteiger partial charge in [-0.25, -0.2) is 9.37 Å². The highest BCUT2D eigenvalue weighted by Gasteiger charge is 2.70. The quantitative estimate of drug-likeness (QED) is 0.138. The molecule has 0 unspecified atom stereocenters. The zero-order chi connectivity index (χ0) is 34.4. The highest BCUT2D eigenvalue weighted by atomic mass is 35.5. The van der Waals surface area contributed by atoms with Gasteiger partial charge in [0.15, 0.2) is 17.4 Å². The number of carbonyl (C=O) groups is 4. The van der Waals surface area contributed by atoms with Gasteiger partial charge in [-0.2, -0.15) is 23.2 Å². The van der Waals surface area contributed by atoms with Gasteiger partial charge in [0, 0.05) is 17.1 Å². The van der Waals surface area contributed by atoms with E-state index < -0.39 is 92.8 Å². The number of phenols is 1. The molecule has 3 heterocycles. The number of hydrogen-bond donors (Lipinski definition) is 3. The Balaban J connectivity index is 1.44. The van der Waals surface area contributed by atoms with Gasteiger partial charge in [-0.15, -0.1) is 0 Å². The Kier molecular flexibility index (Phi) is 7.34. The first-order chi connectivity index (χ1) is 22.7. The molecule has 2 aliphatic heterocycles. The largest absolute Gasteiger partial charge is 0.505 e. The van der Waals surface area contributed by atoms with Crippen LogP contribution in [0.2, 0.25) is 10.0 Å². The molecule has 3 fully saturated rings. The van der Waals surface area contributed by atoms with Crippen molar-refractivity contribution in [2.45, 2.75) is 30.4 Å². The van der Waals surface area contributed by atoms with Gasteiger partial charge < -0.3 is 5.11 Å². The minimum atomic E-state index is -4.78. The molecule has 2 saturated heterocycles. The number of hydroxylamine groups is 2. The average molecular weight is 705 g/mol. The second-order valence-corrected chi connectivity index (χ2v) is 13.0. The molecular weight excluding hydrogens is 683 g/mol. The van der Waals surface area contributed by atoms with Crippen molar-refractivity contribution in [3.05, 3.63) is 98.9 Å². The summed E-state index contributed by atoms with van der Waals surface area (Å²) in [6.07, 6.45) is -2.84. The summed E-state index contributed by atoms with van der Waals surface area (Å²) in [4.78, 5) is 59.1. The second kappa shape index (κ2) is 11.0. The lowest BCUT2D eigenvalue weighted by molar-refractivity contribution is -0.173. The van der Waals surface area contributed by atoms with Gasteiger partial charge in [0.2, 0.25) is 0 Å². The number of aromatic nitrogens is 1.